The number of thioether (sulfide) groups is 1. The van der Waals surface area contributed by atoms with Crippen LogP contribution in [0, 0.1) is 11.6 Å². The zero-order chi connectivity index (χ0) is 13.8. The summed E-state index contributed by atoms with van der Waals surface area (Å²) < 4.78 is 26.9. The molecule has 0 aromatic heterocycles. The van der Waals surface area contributed by atoms with Crippen LogP contribution in [0.1, 0.15) is 10.4 Å². The lowest BCUT2D eigenvalue weighted by Gasteiger charge is -2.04. The van der Waals surface area contributed by atoms with Crippen molar-refractivity contribution in [3.63, 3.8) is 0 Å². The van der Waals surface area contributed by atoms with E-state index in [2.05, 4.69) is 0 Å². The van der Waals surface area contributed by atoms with Crippen molar-refractivity contribution in [2.75, 3.05) is 5.75 Å². The highest BCUT2D eigenvalue weighted by Crippen LogP contribution is 2.23. The summed E-state index contributed by atoms with van der Waals surface area (Å²) >= 11 is 6.65. The molecule has 0 saturated heterocycles. The van der Waals surface area contributed by atoms with Crippen LogP contribution < -0.4 is 0 Å². The van der Waals surface area contributed by atoms with Crippen LogP contribution in [0.5, 0.6) is 0 Å². The average molecular weight is 299 g/mol. The van der Waals surface area contributed by atoms with Gasteiger partial charge in [-0.1, -0.05) is 23.7 Å². The number of halogens is 3. The lowest BCUT2D eigenvalue weighted by Crippen LogP contribution is -2.05. The van der Waals surface area contributed by atoms with Crippen molar-refractivity contribution in [1.82, 2.24) is 0 Å². The molecule has 0 aliphatic rings. The molecule has 0 heterocycles. The van der Waals surface area contributed by atoms with Crippen molar-refractivity contribution >= 4 is 29.1 Å². The van der Waals surface area contributed by atoms with Gasteiger partial charge >= 0.3 is 0 Å². The summed E-state index contributed by atoms with van der Waals surface area (Å²) in [6, 6.07) is 10.0. The van der Waals surface area contributed by atoms with Crippen LogP contribution >= 0.6 is 23.4 Å². The smallest absolute Gasteiger partial charge is 0.176 e. The summed E-state index contributed by atoms with van der Waals surface area (Å²) in [6.45, 7) is 0. The molecule has 5 heteroatoms. The Balaban J connectivity index is 2.08. The molecule has 0 aliphatic heterocycles. The Hall–Kier alpha value is -1.39. The second-order valence-corrected chi connectivity index (χ2v) is 5.22. The fraction of sp³-hybridized carbons (Fsp3) is 0.0714. The molecule has 0 N–H and O–H groups in total. The number of ketones is 1. The number of benzene rings is 2. The zero-order valence-corrected chi connectivity index (χ0v) is 11.3. The zero-order valence-electron chi connectivity index (χ0n) is 9.70. The summed E-state index contributed by atoms with van der Waals surface area (Å²) in [5, 5.41) is 0.232. The number of rotatable bonds is 4. The van der Waals surface area contributed by atoms with Gasteiger partial charge < -0.3 is 0 Å². The summed E-state index contributed by atoms with van der Waals surface area (Å²) in [5.74, 6) is -1.48. The predicted molar refractivity (Wildman–Crippen MR) is 72.9 cm³/mol. The van der Waals surface area contributed by atoms with Crippen molar-refractivity contribution in [3.8, 4) is 0 Å². The van der Waals surface area contributed by atoms with Gasteiger partial charge in [0.05, 0.1) is 11.3 Å². The van der Waals surface area contributed by atoms with Gasteiger partial charge in [0.25, 0.3) is 0 Å². The van der Waals surface area contributed by atoms with E-state index in [1.54, 1.807) is 18.2 Å². The number of hydrogen-bond donors (Lipinski definition) is 0. The first-order valence-corrected chi connectivity index (χ1v) is 6.80. The van der Waals surface area contributed by atoms with Crippen molar-refractivity contribution in [2.45, 2.75) is 4.90 Å². The van der Waals surface area contributed by atoms with Crippen LogP contribution in [-0.2, 0) is 0 Å². The quantitative estimate of drug-likeness (QED) is 0.606. The largest absolute Gasteiger partial charge is 0.293 e. The molecular formula is C14H9ClF2OS. The van der Waals surface area contributed by atoms with E-state index in [1.165, 1.54) is 18.2 Å². The van der Waals surface area contributed by atoms with Gasteiger partial charge in [-0.15, -0.1) is 11.8 Å². The summed E-state index contributed by atoms with van der Waals surface area (Å²) in [6.07, 6.45) is 0. The van der Waals surface area contributed by atoms with Gasteiger partial charge in [-0.25, -0.2) is 8.78 Å². The molecule has 2 aromatic rings. The van der Waals surface area contributed by atoms with Gasteiger partial charge in [-0.2, -0.15) is 0 Å². The lowest BCUT2D eigenvalue weighted by atomic mass is 10.1. The van der Waals surface area contributed by atoms with E-state index < -0.39 is 17.4 Å². The molecule has 0 atom stereocenters. The van der Waals surface area contributed by atoms with E-state index in [0.29, 0.717) is 4.90 Å². The van der Waals surface area contributed by atoms with Crippen molar-refractivity contribution in [3.05, 3.63) is 64.7 Å². The third-order valence-corrected chi connectivity index (χ3v) is 3.71. The predicted octanol–water partition coefficient (Wildman–Crippen LogP) is 4.59. The Kier molecular flexibility index (Phi) is 4.56. The van der Waals surface area contributed by atoms with Crippen molar-refractivity contribution < 1.29 is 13.6 Å². The summed E-state index contributed by atoms with van der Waals surface area (Å²) in [5.41, 5.74) is -0.0340. The first-order chi connectivity index (χ1) is 9.08. The highest BCUT2D eigenvalue weighted by molar-refractivity contribution is 8.00. The number of Topliss-reactive ketones (excluding diaryl/α,β-unsaturated/α-hetero) is 1. The fourth-order valence-electron chi connectivity index (χ4n) is 1.50. The maximum absolute atomic E-state index is 13.5. The highest BCUT2D eigenvalue weighted by atomic mass is 35.5. The molecule has 0 saturated carbocycles. The lowest BCUT2D eigenvalue weighted by molar-refractivity contribution is 0.101. The molecule has 98 valence electrons. The minimum Gasteiger partial charge on any atom is -0.293 e. The van der Waals surface area contributed by atoms with Gasteiger partial charge in [-0.3, -0.25) is 4.79 Å². The Labute approximate surface area is 118 Å². The van der Waals surface area contributed by atoms with Crippen LogP contribution in [0.15, 0.2) is 47.4 Å². The fourth-order valence-corrected chi connectivity index (χ4v) is 2.48. The first-order valence-electron chi connectivity index (χ1n) is 5.43. The van der Waals surface area contributed by atoms with Crippen molar-refractivity contribution in [2.24, 2.45) is 0 Å². The van der Waals surface area contributed by atoms with Crippen LogP contribution in [0.2, 0.25) is 5.02 Å². The number of carbonyl (C=O) groups is 1. The molecule has 0 fully saturated rings. The van der Waals surface area contributed by atoms with Gasteiger partial charge in [0, 0.05) is 9.92 Å². The normalized spacial score (nSPS) is 10.5. The molecule has 0 unspecified atom stereocenters. The monoisotopic (exact) mass is 298 g/mol. The maximum Gasteiger partial charge on any atom is 0.176 e. The van der Waals surface area contributed by atoms with Crippen molar-refractivity contribution in [1.29, 1.82) is 0 Å². The molecule has 2 aromatic carbocycles. The van der Waals surface area contributed by atoms with E-state index >= 15 is 0 Å². The standard InChI is InChI=1S/C14H9ClF2OS/c15-9-5-6-10(12(17)7-9)13(18)8-19-14-4-2-1-3-11(14)16/h1-7H,8H2. The van der Waals surface area contributed by atoms with E-state index in [-0.39, 0.29) is 16.3 Å². The van der Waals surface area contributed by atoms with Gasteiger partial charge in [0.2, 0.25) is 0 Å². The van der Waals surface area contributed by atoms with Crippen LogP contribution in [-0.4, -0.2) is 11.5 Å². The molecule has 2 rings (SSSR count). The topological polar surface area (TPSA) is 17.1 Å². The molecule has 0 radical (unpaired) electrons. The molecule has 0 amide bonds. The first kappa shape index (κ1) is 14.0. The minimum absolute atomic E-state index is 0.0283. The Bertz CT molecular complexity index is 616. The summed E-state index contributed by atoms with van der Waals surface area (Å²) in [4.78, 5) is 12.2. The Morgan fingerprint density at radius 1 is 1.11 bits per heavy atom. The molecular weight excluding hydrogens is 290 g/mol. The molecule has 19 heavy (non-hydrogen) atoms. The van der Waals surface area contributed by atoms with E-state index in [0.717, 1.165) is 17.8 Å². The van der Waals surface area contributed by atoms with Crippen LogP contribution in [0.4, 0.5) is 8.78 Å². The second kappa shape index (κ2) is 6.17. The Morgan fingerprint density at radius 2 is 1.84 bits per heavy atom. The van der Waals surface area contributed by atoms with E-state index in [9.17, 15) is 13.6 Å². The van der Waals surface area contributed by atoms with Crippen LogP contribution in [0.3, 0.4) is 0 Å². The number of carbonyl (C=O) groups excluding carboxylic acids is 1. The SMILES string of the molecule is O=C(CSc1ccccc1F)c1ccc(Cl)cc1F. The van der Waals surface area contributed by atoms with Crippen LogP contribution in [0.25, 0.3) is 0 Å². The van der Waals surface area contributed by atoms with Gasteiger partial charge in [-0.05, 0) is 30.3 Å². The average Bonchev–Trinajstić information content (AvgIpc) is 2.37. The third-order valence-electron chi connectivity index (χ3n) is 2.43. The third kappa shape index (κ3) is 3.55. The van der Waals surface area contributed by atoms with E-state index in [4.69, 9.17) is 11.6 Å². The second-order valence-electron chi connectivity index (χ2n) is 3.77. The number of hydrogen-bond acceptors (Lipinski definition) is 2. The molecule has 1 nitrogen and oxygen atoms in total. The molecule has 0 spiro atoms. The molecule has 0 aliphatic carbocycles. The minimum atomic E-state index is -0.661. The van der Waals surface area contributed by atoms with E-state index in [1.807, 2.05) is 0 Å². The summed E-state index contributed by atoms with van der Waals surface area (Å²) in [7, 11) is 0. The van der Waals surface area contributed by atoms with Gasteiger partial charge in [0.1, 0.15) is 11.6 Å². The Morgan fingerprint density at radius 3 is 2.53 bits per heavy atom. The maximum atomic E-state index is 13.5. The highest BCUT2D eigenvalue weighted by Gasteiger charge is 2.13. The van der Waals surface area contributed by atoms with Gasteiger partial charge in [0.15, 0.2) is 5.78 Å². The molecule has 0 bridgehead atoms.